The number of hydrogen-bond acceptors (Lipinski definition) is 7. The Morgan fingerprint density at radius 1 is 1.10 bits per heavy atom. The maximum atomic E-state index is 10.9. The van der Waals surface area contributed by atoms with Crippen LogP contribution in [-0.4, -0.2) is 98.7 Å². The van der Waals surface area contributed by atoms with E-state index in [1.54, 1.807) is 0 Å². The molecule has 0 spiro atoms. The SMILES string of the molecule is [NH3+][C@@H](CCCC[N+]1=C2NC(NCCC[C@H]([NH3+])C(=O)O)=N[C@H]2C[C@H](O)[C@H](O)C1)C(=O)O. The number of amidine groups is 1. The monoisotopic (exact) mass is 431 g/mol. The second-order valence-corrected chi connectivity index (χ2v) is 7.96. The van der Waals surface area contributed by atoms with Gasteiger partial charge in [0.25, 0.3) is 11.8 Å². The first-order valence-electron chi connectivity index (χ1n) is 10.4. The number of unbranched alkanes of at least 4 members (excludes halogenated alkanes) is 1. The van der Waals surface area contributed by atoms with Crippen LogP contribution in [0.4, 0.5) is 0 Å². The zero-order valence-electron chi connectivity index (χ0n) is 17.2. The van der Waals surface area contributed by atoms with Gasteiger partial charge >= 0.3 is 11.9 Å². The lowest BCUT2D eigenvalue weighted by molar-refractivity contribution is -0.539. The number of rotatable bonds is 11. The van der Waals surface area contributed by atoms with Crippen LogP contribution in [0.5, 0.6) is 0 Å². The van der Waals surface area contributed by atoms with Crippen LogP contribution in [0.25, 0.3) is 0 Å². The molecule has 30 heavy (non-hydrogen) atoms. The molecule has 0 amide bonds. The smallest absolute Gasteiger partial charge is 0.362 e. The number of aliphatic carboxylic acids is 2. The summed E-state index contributed by atoms with van der Waals surface area (Å²) in [6.45, 7) is 1.40. The van der Waals surface area contributed by atoms with Crippen LogP contribution >= 0.6 is 0 Å². The number of β-amino-alcohol motifs (C(OH)–C–C–N with tert-alkyl or cyclic N) is 1. The highest BCUT2D eigenvalue weighted by molar-refractivity contribution is 6.05. The zero-order chi connectivity index (χ0) is 22.3. The molecule has 0 aromatic carbocycles. The van der Waals surface area contributed by atoms with E-state index in [1.807, 2.05) is 4.58 Å². The second-order valence-electron chi connectivity index (χ2n) is 7.96. The Hall–Kier alpha value is -2.28. The van der Waals surface area contributed by atoms with Crippen molar-refractivity contribution in [2.45, 2.75) is 68.9 Å². The van der Waals surface area contributed by atoms with E-state index in [1.165, 1.54) is 0 Å². The standard InChI is InChI=1S/C18H32N6O6/c19-10(16(27)28)4-1-2-7-24-9-14(26)13(25)8-12-15(24)23-18(22-12)21-6-3-5-11(20)17(29)30/h10-14,25-26H,1-9,19-20H2,(H3,21,22,27,28,29,30)/p+3/t10-,11-,12-,13-,14+/m0/s1. The number of aliphatic hydroxyl groups is 2. The van der Waals surface area contributed by atoms with Gasteiger partial charge in [0.1, 0.15) is 12.6 Å². The Morgan fingerprint density at radius 2 is 1.73 bits per heavy atom. The predicted octanol–water partition coefficient (Wildman–Crippen LogP) is -4.22. The molecule has 2 rings (SSSR count). The van der Waals surface area contributed by atoms with Gasteiger partial charge in [0, 0.05) is 25.8 Å². The van der Waals surface area contributed by atoms with Crippen LogP contribution in [0.15, 0.2) is 4.99 Å². The van der Waals surface area contributed by atoms with Crippen LogP contribution in [-0.2, 0) is 9.59 Å². The normalized spacial score (nSPS) is 25.6. The Kier molecular flexibility index (Phi) is 8.96. The lowest BCUT2D eigenvalue weighted by atomic mass is 10.1. The molecule has 0 fully saturated rings. The summed E-state index contributed by atoms with van der Waals surface area (Å²) in [7, 11) is 0. The highest BCUT2D eigenvalue weighted by Crippen LogP contribution is 2.16. The molecule has 0 bridgehead atoms. The minimum absolute atomic E-state index is 0.261. The number of carboxylic acid groups (broad SMARTS) is 2. The molecule has 0 unspecified atom stereocenters. The lowest BCUT2D eigenvalue weighted by Gasteiger charge is -2.15. The molecule has 5 atom stereocenters. The number of fused-ring (bicyclic) bond motifs is 1. The summed E-state index contributed by atoms with van der Waals surface area (Å²) in [5.74, 6) is -0.463. The number of carboxylic acids is 2. The van der Waals surface area contributed by atoms with Gasteiger partial charge in [-0.15, -0.1) is 0 Å². The molecule has 12 N–H and O–H groups in total. The number of quaternary nitrogens is 2. The van der Waals surface area contributed by atoms with E-state index < -0.39 is 36.2 Å². The van der Waals surface area contributed by atoms with Crippen LogP contribution in [0.3, 0.4) is 0 Å². The van der Waals surface area contributed by atoms with Crippen molar-refractivity contribution in [1.29, 1.82) is 0 Å². The molecule has 0 aromatic heterocycles. The fourth-order valence-corrected chi connectivity index (χ4v) is 3.54. The number of guanidine groups is 1. The van der Waals surface area contributed by atoms with Gasteiger partial charge in [-0.1, -0.05) is 0 Å². The maximum Gasteiger partial charge on any atom is 0.362 e. The summed E-state index contributed by atoms with van der Waals surface area (Å²) in [5, 5.41) is 44.6. The molecule has 2 heterocycles. The van der Waals surface area contributed by atoms with Crippen molar-refractivity contribution < 1.29 is 46.1 Å². The lowest BCUT2D eigenvalue weighted by Crippen LogP contribution is -2.64. The van der Waals surface area contributed by atoms with E-state index in [-0.39, 0.29) is 12.6 Å². The summed E-state index contributed by atoms with van der Waals surface area (Å²) >= 11 is 0. The molecule has 170 valence electrons. The molecule has 2 aliphatic rings. The topological polar surface area (TPSA) is 210 Å². The van der Waals surface area contributed by atoms with Crippen LogP contribution in [0, 0.1) is 0 Å². The highest BCUT2D eigenvalue weighted by atomic mass is 16.4. The first-order chi connectivity index (χ1) is 14.2. The third-order valence-corrected chi connectivity index (χ3v) is 5.45. The van der Waals surface area contributed by atoms with E-state index in [4.69, 9.17) is 10.2 Å². The van der Waals surface area contributed by atoms with Crippen LogP contribution in [0.2, 0.25) is 0 Å². The summed E-state index contributed by atoms with van der Waals surface area (Å²) in [4.78, 5) is 26.3. The highest BCUT2D eigenvalue weighted by Gasteiger charge is 2.40. The van der Waals surface area contributed by atoms with Gasteiger partial charge in [-0.3, -0.25) is 4.58 Å². The Balaban J connectivity index is 1.91. The summed E-state index contributed by atoms with van der Waals surface area (Å²) in [5.41, 5.74) is 7.20. The molecular weight excluding hydrogens is 396 g/mol. The van der Waals surface area contributed by atoms with Crippen molar-refractivity contribution in [2.75, 3.05) is 19.6 Å². The third-order valence-electron chi connectivity index (χ3n) is 5.45. The Morgan fingerprint density at radius 3 is 2.37 bits per heavy atom. The fraction of sp³-hybridized carbons (Fsp3) is 0.778. The molecule has 0 saturated heterocycles. The Labute approximate surface area is 174 Å². The number of nitrogens with zero attached hydrogens (tertiary/aromatic N) is 2. The molecule has 0 aliphatic carbocycles. The zero-order valence-corrected chi connectivity index (χ0v) is 17.2. The number of carbonyl (C=O) groups is 2. The summed E-state index contributed by atoms with van der Waals surface area (Å²) < 4.78 is 1.96. The molecule has 0 saturated carbocycles. The van der Waals surface area contributed by atoms with Crippen molar-refractivity contribution in [2.24, 2.45) is 4.99 Å². The van der Waals surface area contributed by atoms with E-state index in [2.05, 4.69) is 27.1 Å². The molecule has 12 nitrogen and oxygen atoms in total. The van der Waals surface area contributed by atoms with Gasteiger partial charge in [-0.05, 0) is 19.3 Å². The van der Waals surface area contributed by atoms with Gasteiger partial charge in [-0.25, -0.2) is 19.9 Å². The third kappa shape index (κ3) is 6.90. The van der Waals surface area contributed by atoms with Crippen molar-refractivity contribution in [3.8, 4) is 0 Å². The minimum Gasteiger partial charge on any atom is -0.477 e. The van der Waals surface area contributed by atoms with Gasteiger partial charge in [-0.2, -0.15) is 0 Å². The van der Waals surface area contributed by atoms with Gasteiger partial charge < -0.3 is 37.2 Å². The average molecular weight is 432 g/mol. The van der Waals surface area contributed by atoms with Crippen molar-refractivity contribution in [3.05, 3.63) is 0 Å². The predicted molar refractivity (Wildman–Crippen MR) is 106 cm³/mol. The molecule has 0 aromatic rings. The quantitative estimate of drug-likeness (QED) is 0.118. The fourth-order valence-electron chi connectivity index (χ4n) is 3.54. The molecule has 0 radical (unpaired) electrons. The van der Waals surface area contributed by atoms with Crippen molar-refractivity contribution in [3.63, 3.8) is 0 Å². The Bertz CT molecular complexity index is 684. The van der Waals surface area contributed by atoms with E-state index >= 15 is 0 Å². The number of aliphatic hydroxyl groups excluding tert-OH is 2. The first kappa shape index (κ1) is 24.0. The van der Waals surface area contributed by atoms with Gasteiger partial charge in [0.2, 0.25) is 0 Å². The molecule has 2 aliphatic heterocycles. The maximum absolute atomic E-state index is 10.9. The molecular formula is C18H35N6O6+3. The van der Waals surface area contributed by atoms with Crippen LogP contribution < -0.4 is 22.1 Å². The van der Waals surface area contributed by atoms with Gasteiger partial charge in [0.15, 0.2) is 18.1 Å². The summed E-state index contributed by atoms with van der Waals surface area (Å²) in [6.07, 6.45) is 1.49. The number of aliphatic imine (C=N–C) groups is 1. The van der Waals surface area contributed by atoms with E-state index in [0.29, 0.717) is 51.2 Å². The van der Waals surface area contributed by atoms with E-state index in [9.17, 15) is 19.8 Å². The average Bonchev–Trinajstić information content (AvgIpc) is 3.04. The number of nitrogens with one attached hydrogen (secondary N) is 2. The van der Waals surface area contributed by atoms with Crippen molar-refractivity contribution >= 4 is 23.7 Å². The van der Waals surface area contributed by atoms with Gasteiger partial charge in [0.05, 0.1) is 12.6 Å². The largest absolute Gasteiger partial charge is 0.477 e. The molecule has 12 heteroatoms. The number of hydrogen-bond donors (Lipinski definition) is 8. The minimum atomic E-state index is -0.916. The summed E-state index contributed by atoms with van der Waals surface area (Å²) in [6, 6.07) is -1.58. The van der Waals surface area contributed by atoms with Crippen molar-refractivity contribution in [1.82, 2.24) is 10.6 Å². The van der Waals surface area contributed by atoms with Crippen LogP contribution in [0.1, 0.15) is 38.5 Å². The van der Waals surface area contributed by atoms with E-state index in [0.717, 1.165) is 12.3 Å². The first-order valence-corrected chi connectivity index (χ1v) is 10.4. The second kappa shape index (κ2) is 11.2.